The fourth-order valence-corrected chi connectivity index (χ4v) is 2.93. The van der Waals surface area contributed by atoms with Crippen LogP contribution in [0.3, 0.4) is 0 Å². The summed E-state index contributed by atoms with van der Waals surface area (Å²) in [7, 11) is 0. The Balaban J connectivity index is 2.04. The van der Waals surface area contributed by atoms with Crippen molar-refractivity contribution in [2.75, 3.05) is 5.75 Å². The summed E-state index contributed by atoms with van der Waals surface area (Å²) in [6.45, 7) is 0.551. The number of furan rings is 1. The number of fused-ring (bicyclic) bond motifs is 1. The molecule has 3 aromatic rings. The number of imidazole rings is 1. The van der Waals surface area contributed by atoms with Crippen molar-refractivity contribution >= 4 is 40.4 Å². The van der Waals surface area contributed by atoms with Crippen molar-refractivity contribution in [1.82, 2.24) is 9.55 Å². The van der Waals surface area contributed by atoms with Crippen molar-refractivity contribution in [3.8, 4) is 0 Å². The number of thioether (sulfide) groups is 1. The van der Waals surface area contributed by atoms with Crippen molar-refractivity contribution in [3.63, 3.8) is 0 Å². The number of benzene rings is 1. The summed E-state index contributed by atoms with van der Waals surface area (Å²) >= 11 is 7.24. The van der Waals surface area contributed by atoms with Crippen LogP contribution < -0.4 is 0 Å². The average molecular weight is 323 g/mol. The predicted molar refractivity (Wildman–Crippen MR) is 80.9 cm³/mol. The summed E-state index contributed by atoms with van der Waals surface area (Å²) in [6, 6.07) is 7.29. The number of hydrogen-bond acceptors (Lipinski definition) is 4. The fraction of sp³-hybridized carbons (Fsp3) is 0.143. The van der Waals surface area contributed by atoms with Crippen molar-refractivity contribution in [2.45, 2.75) is 11.7 Å². The maximum atomic E-state index is 10.8. The van der Waals surface area contributed by atoms with Gasteiger partial charge in [0.15, 0.2) is 5.16 Å². The number of rotatable bonds is 5. The molecule has 2 aromatic heterocycles. The third-order valence-corrected chi connectivity index (χ3v) is 4.12. The summed E-state index contributed by atoms with van der Waals surface area (Å²) in [5.41, 5.74) is 2.64. The molecule has 0 aliphatic heterocycles. The van der Waals surface area contributed by atoms with Gasteiger partial charge in [-0.2, -0.15) is 0 Å². The van der Waals surface area contributed by atoms with Gasteiger partial charge in [0, 0.05) is 10.6 Å². The summed E-state index contributed by atoms with van der Waals surface area (Å²) < 4.78 is 7.02. The monoisotopic (exact) mass is 322 g/mol. The van der Waals surface area contributed by atoms with Gasteiger partial charge in [0.2, 0.25) is 0 Å². The lowest BCUT2D eigenvalue weighted by atomic mass is 10.3. The molecule has 21 heavy (non-hydrogen) atoms. The van der Waals surface area contributed by atoms with Crippen LogP contribution in [0.25, 0.3) is 11.0 Å². The van der Waals surface area contributed by atoms with Crippen LogP contribution in [0.5, 0.6) is 0 Å². The number of hydrogen-bond donors (Lipinski definition) is 1. The Morgan fingerprint density at radius 2 is 2.29 bits per heavy atom. The summed E-state index contributed by atoms with van der Waals surface area (Å²) in [4.78, 5) is 15.3. The molecule has 0 saturated heterocycles. The Morgan fingerprint density at radius 3 is 3.00 bits per heavy atom. The zero-order chi connectivity index (χ0) is 14.8. The zero-order valence-corrected chi connectivity index (χ0v) is 12.4. The van der Waals surface area contributed by atoms with Crippen molar-refractivity contribution < 1.29 is 14.3 Å². The molecule has 0 unspecified atom stereocenters. The molecule has 2 heterocycles. The molecule has 108 valence electrons. The SMILES string of the molecule is O=C(O)CSc1nc2ccc(Cl)cc2n1Cc1ccoc1. The van der Waals surface area contributed by atoms with Crippen molar-refractivity contribution in [1.29, 1.82) is 0 Å². The van der Waals surface area contributed by atoms with Crippen LogP contribution in [0.4, 0.5) is 0 Å². The second-order valence-corrected chi connectivity index (χ2v) is 5.81. The van der Waals surface area contributed by atoms with E-state index >= 15 is 0 Å². The van der Waals surface area contributed by atoms with E-state index in [-0.39, 0.29) is 5.75 Å². The molecule has 7 heteroatoms. The van der Waals surface area contributed by atoms with Crippen molar-refractivity contribution in [2.24, 2.45) is 0 Å². The molecule has 5 nitrogen and oxygen atoms in total. The van der Waals surface area contributed by atoms with E-state index in [0.717, 1.165) is 16.6 Å². The molecule has 0 aliphatic rings. The minimum absolute atomic E-state index is 0.0392. The standard InChI is InChI=1S/C14H11ClN2O3S/c15-10-1-2-11-12(5-10)17(6-9-3-4-20-7-9)14(16-11)21-8-13(18)19/h1-5,7H,6,8H2,(H,18,19). The normalized spacial score (nSPS) is 11.1. The quantitative estimate of drug-likeness (QED) is 0.728. The van der Waals surface area contributed by atoms with Gasteiger partial charge in [-0.05, 0) is 24.3 Å². The molecular weight excluding hydrogens is 312 g/mol. The van der Waals surface area contributed by atoms with E-state index in [0.29, 0.717) is 16.7 Å². The van der Waals surface area contributed by atoms with E-state index in [4.69, 9.17) is 21.1 Å². The second kappa shape index (κ2) is 5.83. The first-order chi connectivity index (χ1) is 10.1. The minimum Gasteiger partial charge on any atom is -0.481 e. The Kier molecular flexibility index (Phi) is 3.90. The van der Waals surface area contributed by atoms with Gasteiger partial charge in [-0.25, -0.2) is 4.98 Å². The highest BCUT2D eigenvalue weighted by Gasteiger charge is 2.14. The first kappa shape index (κ1) is 14.0. The molecule has 1 aromatic carbocycles. The molecule has 0 spiro atoms. The van der Waals surface area contributed by atoms with Gasteiger partial charge in [-0.1, -0.05) is 23.4 Å². The zero-order valence-electron chi connectivity index (χ0n) is 10.8. The largest absolute Gasteiger partial charge is 0.481 e. The highest BCUT2D eigenvalue weighted by molar-refractivity contribution is 7.99. The molecule has 0 saturated carbocycles. The van der Waals surface area contributed by atoms with Crippen molar-refractivity contribution in [3.05, 3.63) is 47.4 Å². The summed E-state index contributed by atoms with van der Waals surface area (Å²) in [6.07, 6.45) is 3.26. The number of carbonyl (C=O) groups is 1. The highest BCUT2D eigenvalue weighted by atomic mass is 35.5. The minimum atomic E-state index is -0.875. The van der Waals surface area contributed by atoms with Crippen LogP contribution in [0, 0.1) is 0 Å². The lowest BCUT2D eigenvalue weighted by Crippen LogP contribution is -2.04. The highest BCUT2D eigenvalue weighted by Crippen LogP contribution is 2.27. The molecule has 0 bridgehead atoms. The first-order valence-corrected chi connectivity index (χ1v) is 7.51. The van der Waals surface area contributed by atoms with Gasteiger partial charge in [0.1, 0.15) is 0 Å². The van der Waals surface area contributed by atoms with E-state index < -0.39 is 5.97 Å². The number of aromatic nitrogens is 2. The first-order valence-electron chi connectivity index (χ1n) is 6.15. The topological polar surface area (TPSA) is 68.3 Å². The maximum Gasteiger partial charge on any atom is 0.313 e. The molecular formula is C14H11ClN2O3S. The number of aliphatic carboxylic acids is 1. The lowest BCUT2D eigenvalue weighted by molar-refractivity contribution is -0.133. The van der Waals surface area contributed by atoms with Crippen LogP contribution in [0.2, 0.25) is 5.02 Å². The number of carboxylic acids is 1. The summed E-state index contributed by atoms with van der Waals surface area (Å²) in [5.74, 6) is -0.914. The van der Waals surface area contributed by atoms with Gasteiger partial charge in [-0.3, -0.25) is 4.79 Å². The van der Waals surface area contributed by atoms with E-state index in [2.05, 4.69) is 4.98 Å². The Hall–Kier alpha value is -1.92. The molecule has 0 radical (unpaired) electrons. The van der Waals surface area contributed by atoms with E-state index in [1.54, 1.807) is 18.6 Å². The molecule has 0 atom stereocenters. The summed E-state index contributed by atoms with van der Waals surface area (Å²) in [5, 5.41) is 10.1. The predicted octanol–water partition coefficient (Wildman–Crippen LogP) is 3.51. The van der Waals surface area contributed by atoms with Crippen LogP contribution in [-0.4, -0.2) is 26.4 Å². The Morgan fingerprint density at radius 1 is 1.43 bits per heavy atom. The fourth-order valence-electron chi connectivity index (χ4n) is 2.03. The number of nitrogens with zero attached hydrogens (tertiary/aromatic N) is 2. The van der Waals surface area contributed by atoms with E-state index in [1.807, 2.05) is 22.8 Å². The van der Waals surface area contributed by atoms with Crippen LogP contribution in [0.15, 0.2) is 46.4 Å². The molecule has 0 aliphatic carbocycles. The third-order valence-electron chi connectivity index (χ3n) is 2.92. The Bertz CT molecular complexity index is 783. The van der Waals surface area contributed by atoms with E-state index in [9.17, 15) is 4.79 Å². The van der Waals surface area contributed by atoms with Crippen LogP contribution >= 0.6 is 23.4 Å². The molecule has 0 amide bonds. The number of halogens is 1. The van der Waals surface area contributed by atoms with Gasteiger partial charge in [0.05, 0.1) is 35.9 Å². The lowest BCUT2D eigenvalue weighted by Gasteiger charge is -2.06. The maximum absolute atomic E-state index is 10.8. The van der Waals surface area contributed by atoms with Crippen LogP contribution in [0.1, 0.15) is 5.56 Å². The van der Waals surface area contributed by atoms with Gasteiger partial charge in [-0.15, -0.1) is 0 Å². The van der Waals surface area contributed by atoms with Gasteiger partial charge in [0.25, 0.3) is 0 Å². The molecule has 3 rings (SSSR count). The molecule has 0 fully saturated rings. The average Bonchev–Trinajstić information content (AvgIpc) is 3.06. The van der Waals surface area contributed by atoms with Gasteiger partial charge < -0.3 is 14.1 Å². The number of carboxylic acid groups (broad SMARTS) is 1. The smallest absolute Gasteiger partial charge is 0.313 e. The second-order valence-electron chi connectivity index (χ2n) is 4.43. The van der Waals surface area contributed by atoms with Crippen LogP contribution in [-0.2, 0) is 11.3 Å². The third kappa shape index (κ3) is 3.06. The molecule has 1 N–H and O–H groups in total. The Labute approximate surface area is 129 Å². The van der Waals surface area contributed by atoms with Gasteiger partial charge >= 0.3 is 5.97 Å². The van der Waals surface area contributed by atoms with E-state index in [1.165, 1.54) is 11.8 Å².